The fourth-order valence-electron chi connectivity index (χ4n) is 1.96. The molecule has 0 aromatic carbocycles. The quantitative estimate of drug-likeness (QED) is 0.765. The van der Waals surface area contributed by atoms with E-state index in [1.807, 2.05) is 20.8 Å². The van der Waals surface area contributed by atoms with Gasteiger partial charge in [0.2, 0.25) is 0 Å². The maximum Gasteiger partial charge on any atom is 0.407 e. The Hall–Kier alpha value is -0.420. The number of alkyl carbamates (subject to hydrolysis) is 1. The molecule has 1 aliphatic rings. The second kappa shape index (κ2) is 5.96. The molecule has 0 aromatic heterocycles. The summed E-state index contributed by atoms with van der Waals surface area (Å²) in [5.41, 5.74) is -0.335. The van der Waals surface area contributed by atoms with Gasteiger partial charge in [-0.3, -0.25) is 4.90 Å². The van der Waals surface area contributed by atoms with Crippen LogP contribution in [0.25, 0.3) is 0 Å². The van der Waals surface area contributed by atoms with E-state index in [-0.39, 0.29) is 23.1 Å². The molecule has 0 aliphatic carbocycles. The van der Waals surface area contributed by atoms with Crippen molar-refractivity contribution in [3.05, 3.63) is 0 Å². The highest BCUT2D eigenvalue weighted by atomic mass is 32.1. The lowest BCUT2D eigenvalue weighted by atomic mass is 9.93. The summed E-state index contributed by atoms with van der Waals surface area (Å²) in [6.45, 7) is 9.78. The van der Waals surface area contributed by atoms with Gasteiger partial charge in [-0.25, -0.2) is 4.79 Å². The minimum atomic E-state index is -0.335. The van der Waals surface area contributed by atoms with E-state index < -0.39 is 0 Å². The van der Waals surface area contributed by atoms with Gasteiger partial charge in [-0.2, -0.15) is 12.6 Å². The third kappa shape index (κ3) is 4.76. The second-order valence-electron chi connectivity index (χ2n) is 5.31. The van der Waals surface area contributed by atoms with E-state index in [1.165, 1.54) is 0 Å². The van der Waals surface area contributed by atoms with Gasteiger partial charge in [-0.15, -0.1) is 0 Å². The predicted molar refractivity (Wildman–Crippen MR) is 72.4 cm³/mol. The third-order valence-corrected chi connectivity index (χ3v) is 3.46. The number of rotatable bonds is 3. The van der Waals surface area contributed by atoms with E-state index in [9.17, 15) is 4.79 Å². The van der Waals surface area contributed by atoms with Crippen molar-refractivity contribution in [1.82, 2.24) is 10.2 Å². The third-order valence-electron chi connectivity index (χ3n) is 3.13. The molecule has 0 radical (unpaired) electrons. The molecule has 1 atom stereocenters. The number of likely N-dealkylation sites (tertiary alicyclic amines) is 1. The van der Waals surface area contributed by atoms with Gasteiger partial charge in [0.25, 0.3) is 0 Å². The highest BCUT2D eigenvalue weighted by molar-refractivity contribution is 7.80. The van der Waals surface area contributed by atoms with Crippen LogP contribution in [0.3, 0.4) is 0 Å². The van der Waals surface area contributed by atoms with E-state index in [0.717, 1.165) is 25.9 Å². The average molecular weight is 260 g/mol. The fraction of sp³-hybridized carbons (Fsp3) is 0.917. The molecule has 1 aliphatic heterocycles. The number of hydrogen-bond donors (Lipinski definition) is 2. The Labute approximate surface area is 109 Å². The Balaban J connectivity index is 2.41. The Morgan fingerprint density at radius 2 is 1.88 bits per heavy atom. The molecule has 1 saturated heterocycles. The molecule has 4 nitrogen and oxygen atoms in total. The van der Waals surface area contributed by atoms with Gasteiger partial charge in [-0.05, 0) is 40.5 Å². The monoisotopic (exact) mass is 260 g/mol. The SMILES string of the molecule is CC(C)NC(=O)OC1(C)CCN(C(C)S)CC1. The molecular formula is C12H24N2O2S. The number of ether oxygens (including phenoxy) is 1. The summed E-state index contributed by atoms with van der Waals surface area (Å²) in [7, 11) is 0. The van der Waals surface area contributed by atoms with Crippen molar-refractivity contribution >= 4 is 18.7 Å². The number of hydrogen-bond acceptors (Lipinski definition) is 4. The molecule has 17 heavy (non-hydrogen) atoms. The van der Waals surface area contributed by atoms with Crippen molar-refractivity contribution in [1.29, 1.82) is 0 Å². The summed E-state index contributed by atoms with van der Waals surface area (Å²) in [5, 5.41) is 3.03. The van der Waals surface area contributed by atoms with E-state index in [1.54, 1.807) is 0 Å². The molecule has 1 unspecified atom stereocenters. The fourth-order valence-corrected chi connectivity index (χ4v) is 2.19. The lowest BCUT2D eigenvalue weighted by Crippen LogP contribution is -2.48. The van der Waals surface area contributed by atoms with Gasteiger partial charge < -0.3 is 10.1 Å². The highest BCUT2D eigenvalue weighted by Crippen LogP contribution is 2.27. The van der Waals surface area contributed by atoms with Gasteiger partial charge in [-0.1, -0.05) is 0 Å². The molecule has 100 valence electrons. The van der Waals surface area contributed by atoms with Crippen LogP contribution in [0.2, 0.25) is 0 Å². The van der Waals surface area contributed by atoms with Gasteiger partial charge >= 0.3 is 6.09 Å². The number of thiol groups is 1. The Bertz CT molecular complexity index is 261. The second-order valence-corrected chi connectivity index (χ2v) is 6.05. The van der Waals surface area contributed by atoms with Crippen LogP contribution in [0.15, 0.2) is 0 Å². The number of piperidine rings is 1. The number of nitrogens with zero attached hydrogens (tertiary/aromatic N) is 1. The van der Waals surface area contributed by atoms with Crippen LogP contribution < -0.4 is 5.32 Å². The van der Waals surface area contributed by atoms with Crippen molar-refractivity contribution in [2.45, 2.75) is 57.6 Å². The van der Waals surface area contributed by atoms with Gasteiger partial charge in [0.05, 0.1) is 0 Å². The predicted octanol–water partition coefficient (Wildman–Crippen LogP) is 2.25. The number of nitrogens with one attached hydrogen (secondary N) is 1. The molecule has 5 heteroatoms. The van der Waals surface area contributed by atoms with E-state index in [4.69, 9.17) is 4.74 Å². The minimum Gasteiger partial charge on any atom is -0.443 e. The largest absolute Gasteiger partial charge is 0.443 e. The Morgan fingerprint density at radius 3 is 2.29 bits per heavy atom. The summed E-state index contributed by atoms with van der Waals surface area (Å²) in [4.78, 5) is 13.9. The van der Waals surface area contributed by atoms with Crippen LogP contribution in [0.5, 0.6) is 0 Å². The van der Waals surface area contributed by atoms with E-state index >= 15 is 0 Å². The van der Waals surface area contributed by atoms with Crippen molar-refractivity contribution in [3.8, 4) is 0 Å². The lowest BCUT2D eigenvalue weighted by molar-refractivity contribution is -0.0238. The van der Waals surface area contributed by atoms with Gasteiger partial charge in [0.15, 0.2) is 0 Å². The standard InChI is InChI=1S/C12H24N2O2S/c1-9(2)13-11(15)16-12(4)5-7-14(8-6-12)10(3)17/h9-10,17H,5-8H2,1-4H3,(H,13,15). The first-order chi connectivity index (χ1) is 7.82. The van der Waals surface area contributed by atoms with Crippen molar-refractivity contribution in [3.63, 3.8) is 0 Å². The zero-order valence-electron chi connectivity index (χ0n) is 11.2. The molecule has 1 rings (SSSR count). The summed E-state index contributed by atoms with van der Waals surface area (Å²) in [5.74, 6) is 0. The normalized spacial score (nSPS) is 22.2. The van der Waals surface area contributed by atoms with Crippen LogP contribution in [-0.4, -0.2) is 41.1 Å². The summed E-state index contributed by atoms with van der Waals surface area (Å²) < 4.78 is 5.52. The molecule has 1 N–H and O–H groups in total. The summed E-state index contributed by atoms with van der Waals surface area (Å²) in [6.07, 6.45) is 1.42. The molecule has 0 bridgehead atoms. The van der Waals surface area contributed by atoms with Crippen LogP contribution >= 0.6 is 12.6 Å². The molecule has 0 aromatic rings. The van der Waals surface area contributed by atoms with Crippen molar-refractivity contribution in [2.75, 3.05) is 13.1 Å². The van der Waals surface area contributed by atoms with Crippen molar-refractivity contribution < 1.29 is 9.53 Å². The van der Waals surface area contributed by atoms with Crippen LogP contribution in [-0.2, 0) is 4.74 Å². The van der Waals surface area contributed by atoms with Crippen LogP contribution in [0.4, 0.5) is 4.79 Å². The molecule has 0 saturated carbocycles. The topological polar surface area (TPSA) is 41.6 Å². The van der Waals surface area contributed by atoms with E-state index in [0.29, 0.717) is 0 Å². The van der Waals surface area contributed by atoms with Gasteiger partial charge in [0.1, 0.15) is 5.60 Å². The molecule has 1 fully saturated rings. The van der Waals surface area contributed by atoms with Gasteiger partial charge in [0, 0.05) is 24.5 Å². The lowest BCUT2D eigenvalue weighted by Gasteiger charge is -2.40. The average Bonchev–Trinajstić information content (AvgIpc) is 2.15. The minimum absolute atomic E-state index is 0.114. The summed E-state index contributed by atoms with van der Waals surface area (Å²) in [6, 6.07) is 0.114. The zero-order valence-corrected chi connectivity index (χ0v) is 12.1. The smallest absolute Gasteiger partial charge is 0.407 e. The summed E-state index contributed by atoms with van der Waals surface area (Å²) >= 11 is 4.42. The Kier molecular flexibility index (Phi) is 5.13. The Morgan fingerprint density at radius 1 is 1.35 bits per heavy atom. The molecular weight excluding hydrogens is 236 g/mol. The first-order valence-corrected chi connectivity index (χ1v) is 6.76. The number of amides is 1. The van der Waals surface area contributed by atoms with Crippen LogP contribution in [0.1, 0.15) is 40.5 Å². The van der Waals surface area contributed by atoms with Crippen molar-refractivity contribution in [2.24, 2.45) is 0 Å². The maximum atomic E-state index is 11.6. The van der Waals surface area contributed by atoms with E-state index in [2.05, 4.69) is 29.8 Å². The first-order valence-electron chi connectivity index (χ1n) is 6.24. The molecule has 0 spiro atoms. The number of carbonyl (C=O) groups is 1. The highest BCUT2D eigenvalue weighted by Gasteiger charge is 2.34. The number of carbonyl (C=O) groups excluding carboxylic acids is 1. The first kappa shape index (κ1) is 14.6. The van der Waals surface area contributed by atoms with Crippen LogP contribution in [0, 0.1) is 0 Å². The zero-order chi connectivity index (χ0) is 13.1. The molecule has 1 amide bonds. The molecule has 1 heterocycles. The maximum absolute atomic E-state index is 11.6.